The smallest absolute Gasteiger partial charge is 0.308 e. The van der Waals surface area contributed by atoms with Crippen molar-refractivity contribution < 1.29 is 23.1 Å². The third kappa shape index (κ3) is 3.80. The largest absolute Gasteiger partial charge is 0.481 e. The first-order chi connectivity index (χ1) is 12.7. The molecular formula is C19H20N2O5S. The van der Waals surface area contributed by atoms with E-state index in [0.717, 1.165) is 11.1 Å². The van der Waals surface area contributed by atoms with Crippen LogP contribution in [0.4, 0.5) is 11.4 Å². The molecule has 0 aliphatic carbocycles. The number of amides is 1. The van der Waals surface area contributed by atoms with Crippen LogP contribution in [-0.2, 0) is 19.6 Å². The Kier molecular flexibility index (Phi) is 4.93. The fourth-order valence-corrected chi connectivity index (χ4v) is 4.12. The predicted octanol–water partition coefficient (Wildman–Crippen LogP) is 2.54. The quantitative estimate of drug-likeness (QED) is 0.819. The molecule has 0 bridgehead atoms. The summed E-state index contributed by atoms with van der Waals surface area (Å²) in [4.78, 5) is 24.5. The third-order valence-corrected chi connectivity index (χ3v) is 6.16. The van der Waals surface area contributed by atoms with Crippen LogP contribution >= 0.6 is 0 Å². The lowest BCUT2D eigenvalue weighted by Crippen LogP contribution is -2.25. The van der Waals surface area contributed by atoms with Crippen molar-refractivity contribution in [3.63, 3.8) is 0 Å². The maximum absolute atomic E-state index is 12.6. The summed E-state index contributed by atoms with van der Waals surface area (Å²) in [6, 6.07) is 11.2. The lowest BCUT2D eigenvalue weighted by molar-refractivity contribution is -0.141. The Hall–Kier alpha value is -2.87. The molecule has 2 aromatic rings. The Morgan fingerprint density at radius 2 is 1.81 bits per heavy atom. The maximum atomic E-state index is 12.6. The molecule has 0 radical (unpaired) electrons. The summed E-state index contributed by atoms with van der Waals surface area (Å²) >= 11 is 0. The number of carboxylic acid groups (broad SMARTS) is 1. The summed E-state index contributed by atoms with van der Waals surface area (Å²) in [5, 5.41) is 9.06. The molecule has 1 unspecified atom stereocenters. The molecule has 0 spiro atoms. The molecule has 2 N–H and O–H groups in total. The van der Waals surface area contributed by atoms with Gasteiger partial charge in [0.1, 0.15) is 0 Å². The molecular weight excluding hydrogens is 368 g/mol. The van der Waals surface area contributed by atoms with Gasteiger partial charge in [0.2, 0.25) is 5.91 Å². The van der Waals surface area contributed by atoms with Crippen molar-refractivity contribution in [1.29, 1.82) is 0 Å². The van der Waals surface area contributed by atoms with Gasteiger partial charge in [-0.3, -0.25) is 14.3 Å². The minimum Gasteiger partial charge on any atom is -0.481 e. The van der Waals surface area contributed by atoms with Crippen molar-refractivity contribution in [2.75, 3.05) is 16.2 Å². The second-order valence-electron chi connectivity index (χ2n) is 6.59. The minimum absolute atomic E-state index is 0.0520. The van der Waals surface area contributed by atoms with Crippen molar-refractivity contribution in [2.45, 2.75) is 25.2 Å². The number of carboxylic acids is 1. The minimum atomic E-state index is -3.78. The lowest BCUT2D eigenvalue weighted by Gasteiger charge is -2.17. The summed E-state index contributed by atoms with van der Waals surface area (Å²) < 4.78 is 27.8. The van der Waals surface area contributed by atoms with E-state index in [1.54, 1.807) is 12.1 Å². The average Bonchev–Trinajstić information content (AvgIpc) is 3.01. The molecule has 3 rings (SSSR count). The molecule has 1 fully saturated rings. The number of aliphatic carboxylic acids is 1. The van der Waals surface area contributed by atoms with E-state index in [0.29, 0.717) is 11.4 Å². The number of sulfonamides is 1. The number of nitrogens with one attached hydrogen (secondary N) is 1. The molecule has 2 aromatic carbocycles. The highest BCUT2D eigenvalue weighted by Gasteiger charge is 2.35. The van der Waals surface area contributed by atoms with Crippen LogP contribution in [0.15, 0.2) is 47.4 Å². The van der Waals surface area contributed by atoms with Gasteiger partial charge in [0.15, 0.2) is 0 Å². The van der Waals surface area contributed by atoms with Gasteiger partial charge in [-0.15, -0.1) is 0 Å². The Bertz CT molecular complexity index is 999. The number of benzene rings is 2. The summed E-state index contributed by atoms with van der Waals surface area (Å²) in [6.45, 7) is 3.83. The van der Waals surface area contributed by atoms with Crippen molar-refractivity contribution >= 4 is 33.3 Å². The summed E-state index contributed by atoms with van der Waals surface area (Å²) in [5.74, 6) is -2.04. The van der Waals surface area contributed by atoms with Gasteiger partial charge in [-0.05, 0) is 55.3 Å². The molecule has 142 valence electrons. The summed E-state index contributed by atoms with van der Waals surface area (Å²) in [5.41, 5.74) is 2.82. The van der Waals surface area contributed by atoms with E-state index in [9.17, 15) is 18.0 Å². The first-order valence-electron chi connectivity index (χ1n) is 8.41. The van der Waals surface area contributed by atoms with Gasteiger partial charge in [0, 0.05) is 18.7 Å². The maximum Gasteiger partial charge on any atom is 0.308 e. The zero-order valence-electron chi connectivity index (χ0n) is 15.0. The summed E-state index contributed by atoms with van der Waals surface area (Å²) in [7, 11) is -3.78. The second-order valence-corrected chi connectivity index (χ2v) is 8.27. The van der Waals surface area contributed by atoms with Crippen LogP contribution in [0.25, 0.3) is 0 Å². The number of nitrogens with zero attached hydrogens (tertiary/aromatic N) is 1. The second kappa shape index (κ2) is 7.03. The van der Waals surface area contributed by atoms with E-state index in [1.165, 1.54) is 29.2 Å². The highest BCUT2D eigenvalue weighted by Crippen LogP contribution is 2.27. The Labute approximate surface area is 157 Å². The van der Waals surface area contributed by atoms with Crippen LogP contribution in [-0.4, -0.2) is 31.9 Å². The Morgan fingerprint density at radius 3 is 2.41 bits per heavy atom. The lowest BCUT2D eigenvalue weighted by atomic mass is 10.1. The number of anilines is 2. The SMILES string of the molecule is Cc1cccc(NS(=O)(=O)c2ccc(N3CC(C(=O)O)CC3=O)cc2)c1C. The van der Waals surface area contributed by atoms with Gasteiger partial charge in [0.25, 0.3) is 10.0 Å². The van der Waals surface area contributed by atoms with Crippen LogP contribution in [0.3, 0.4) is 0 Å². The van der Waals surface area contributed by atoms with Crippen LogP contribution in [0, 0.1) is 19.8 Å². The van der Waals surface area contributed by atoms with E-state index in [2.05, 4.69) is 4.72 Å². The Morgan fingerprint density at radius 1 is 1.15 bits per heavy atom. The number of rotatable bonds is 5. The number of hydrogen-bond acceptors (Lipinski definition) is 4. The number of hydrogen-bond donors (Lipinski definition) is 2. The molecule has 1 atom stereocenters. The fourth-order valence-electron chi connectivity index (χ4n) is 2.99. The van der Waals surface area contributed by atoms with Crippen molar-refractivity contribution in [2.24, 2.45) is 5.92 Å². The van der Waals surface area contributed by atoms with Crippen LogP contribution in [0.2, 0.25) is 0 Å². The molecule has 8 heteroatoms. The van der Waals surface area contributed by atoms with Gasteiger partial charge >= 0.3 is 5.97 Å². The van der Waals surface area contributed by atoms with E-state index in [1.807, 2.05) is 19.9 Å². The van der Waals surface area contributed by atoms with Crippen molar-refractivity contribution in [3.8, 4) is 0 Å². The molecule has 7 nitrogen and oxygen atoms in total. The Balaban J connectivity index is 1.81. The van der Waals surface area contributed by atoms with E-state index < -0.39 is 21.9 Å². The standard InChI is InChI=1S/C19H20N2O5S/c1-12-4-3-5-17(13(12)2)20-27(25,26)16-8-6-15(7-9-16)21-11-14(19(23)24)10-18(21)22/h3-9,14,20H,10-11H2,1-2H3,(H,23,24). The number of carbonyl (C=O) groups is 2. The van der Waals surface area contributed by atoms with Crippen molar-refractivity contribution in [3.05, 3.63) is 53.6 Å². The van der Waals surface area contributed by atoms with E-state index in [4.69, 9.17) is 5.11 Å². The van der Waals surface area contributed by atoms with Crippen LogP contribution < -0.4 is 9.62 Å². The normalized spacial score (nSPS) is 17.2. The van der Waals surface area contributed by atoms with Crippen LogP contribution in [0.1, 0.15) is 17.5 Å². The third-order valence-electron chi connectivity index (χ3n) is 4.78. The average molecular weight is 388 g/mol. The van der Waals surface area contributed by atoms with Crippen molar-refractivity contribution in [1.82, 2.24) is 0 Å². The topological polar surface area (TPSA) is 104 Å². The molecule has 27 heavy (non-hydrogen) atoms. The van der Waals surface area contributed by atoms with Crippen LogP contribution in [0.5, 0.6) is 0 Å². The molecule has 0 aromatic heterocycles. The molecule has 0 saturated carbocycles. The van der Waals surface area contributed by atoms with Gasteiger partial charge in [-0.25, -0.2) is 8.42 Å². The highest BCUT2D eigenvalue weighted by atomic mass is 32.2. The summed E-state index contributed by atoms with van der Waals surface area (Å²) in [6.07, 6.45) is -0.0520. The zero-order chi connectivity index (χ0) is 19.8. The monoisotopic (exact) mass is 388 g/mol. The highest BCUT2D eigenvalue weighted by molar-refractivity contribution is 7.92. The molecule has 1 amide bonds. The van der Waals surface area contributed by atoms with Gasteiger partial charge in [0.05, 0.1) is 16.5 Å². The predicted molar refractivity (Wildman–Crippen MR) is 101 cm³/mol. The van der Waals surface area contributed by atoms with E-state index >= 15 is 0 Å². The van der Waals surface area contributed by atoms with Gasteiger partial charge in [-0.1, -0.05) is 12.1 Å². The zero-order valence-corrected chi connectivity index (χ0v) is 15.8. The first-order valence-corrected chi connectivity index (χ1v) is 9.89. The van der Waals surface area contributed by atoms with E-state index in [-0.39, 0.29) is 23.8 Å². The first kappa shape index (κ1) is 18.9. The number of carbonyl (C=O) groups excluding carboxylic acids is 1. The molecule has 1 aliphatic rings. The number of aryl methyl sites for hydroxylation is 1. The van der Waals surface area contributed by atoms with Gasteiger partial charge in [-0.2, -0.15) is 0 Å². The molecule has 1 saturated heterocycles. The molecule has 1 aliphatic heterocycles. The molecule has 1 heterocycles. The fraction of sp³-hybridized carbons (Fsp3) is 0.263. The van der Waals surface area contributed by atoms with Gasteiger partial charge < -0.3 is 10.0 Å².